The zero-order valence-corrected chi connectivity index (χ0v) is 19.0. The van der Waals surface area contributed by atoms with Crippen molar-refractivity contribution in [2.45, 2.75) is 40.7 Å². The van der Waals surface area contributed by atoms with Crippen molar-refractivity contribution in [1.82, 2.24) is 0 Å². The van der Waals surface area contributed by atoms with Gasteiger partial charge in [0.2, 0.25) is 0 Å². The molecule has 30 heavy (non-hydrogen) atoms. The van der Waals surface area contributed by atoms with Crippen molar-refractivity contribution in [3.8, 4) is 0 Å². The fourth-order valence-corrected chi connectivity index (χ4v) is 1.57. The number of halogens is 3. The molecule has 9 heteroatoms. The van der Waals surface area contributed by atoms with Crippen LogP contribution in [0.15, 0.2) is 42.5 Å². The van der Waals surface area contributed by atoms with Crippen molar-refractivity contribution in [2.75, 3.05) is 6.66 Å². The number of Topliss-reactive ketones (excluding diaryl/α,β-unsaturated/α-hetero) is 1. The summed E-state index contributed by atoms with van der Waals surface area (Å²) in [6, 6.07) is 9.64. The van der Waals surface area contributed by atoms with Crippen molar-refractivity contribution in [2.24, 2.45) is 11.7 Å². The standard InChI is InChI=1S/C7H6F2.C7H7F.C6H13NO.CH5O3P/c1-5-2-3-6(8)4-7(5)9;1-6-2-4-7(8)5-3-6;1-4(2)6(7)5(3)8;1-5(2,3)4/h2-4H,1H3;2-5H,1H3;4,6H,7H2,1-3H3;1H3,(H2,2,3,4)/t;;6-;/m..0./s1. The van der Waals surface area contributed by atoms with Gasteiger partial charge >= 0.3 is 7.60 Å². The van der Waals surface area contributed by atoms with Crippen LogP contribution in [-0.2, 0) is 9.36 Å². The Balaban J connectivity index is 0. The first-order valence-corrected chi connectivity index (χ1v) is 11.0. The number of nitrogens with two attached hydrogens (primary N) is 1. The summed E-state index contributed by atoms with van der Waals surface area (Å²) in [6.45, 7) is 9.77. The van der Waals surface area contributed by atoms with Crippen LogP contribution in [0.5, 0.6) is 0 Å². The predicted octanol–water partition coefficient (Wildman–Crippen LogP) is 4.76. The fourth-order valence-electron chi connectivity index (χ4n) is 1.57. The van der Waals surface area contributed by atoms with Gasteiger partial charge in [0.1, 0.15) is 23.2 Å². The Kier molecular flexibility index (Phi) is 15.0. The summed E-state index contributed by atoms with van der Waals surface area (Å²) in [5.41, 5.74) is 6.97. The van der Waals surface area contributed by atoms with Crippen molar-refractivity contribution < 1.29 is 32.3 Å². The van der Waals surface area contributed by atoms with Crippen LogP contribution in [-0.4, -0.2) is 28.3 Å². The molecular formula is C21H31F3NO4P. The Hall–Kier alpha value is -1.99. The van der Waals surface area contributed by atoms with E-state index in [1.54, 1.807) is 19.1 Å². The quantitative estimate of drug-likeness (QED) is 0.574. The van der Waals surface area contributed by atoms with Crippen LogP contribution >= 0.6 is 7.60 Å². The van der Waals surface area contributed by atoms with Crippen molar-refractivity contribution >= 4 is 13.4 Å². The molecule has 0 saturated carbocycles. The molecule has 0 heterocycles. The highest BCUT2D eigenvalue weighted by molar-refractivity contribution is 7.50. The van der Waals surface area contributed by atoms with Crippen LogP contribution in [0, 0.1) is 37.2 Å². The molecule has 5 nitrogen and oxygen atoms in total. The first-order chi connectivity index (χ1) is 13.5. The van der Waals surface area contributed by atoms with Gasteiger partial charge in [0.15, 0.2) is 0 Å². The van der Waals surface area contributed by atoms with Gasteiger partial charge in [0.25, 0.3) is 0 Å². The molecule has 0 saturated heterocycles. The van der Waals surface area contributed by atoms with Gasteiger partial charge in [0, 0.05) is 12.7 Å². The van der Waals surface area contributed by atoms with E-state index >= 15 is 0 Å². The Bertz CT molecular complexity index is 779. The molecule has 0 aliphatic carbocycles. The minimum absolute atomic E-state index is 0.0694. The fraction of sp³-hybridized carbons (Fsp3) is 0.381. The number of carbonyl (C=O) groups excluding carboxylic acids is 1. The summed E-state index contributed by atoms with van der Waals surface area (Å²) >= 11 is 0. The third-order valence-electron chi connectivity index (χ3n) is 3.33. The zero-order valence-electron chi connectivity index (χ0n) is 18.1. The van der Waals surface area contributed by atoms with E-state index in [0.29, 0.717) is 5.56 Å². The molecule has 0 aliphatic rings. The molecule has 1 atom stereocenters. The van der Waals surface area contributed by atoms with Crippen molar-refractivity contribution in [3.05, 3.63) is 71.0 Å². The molecule has 0 spiro atoms. The van der Waals surface area contributed by atoms with E-state index in [9.17, 15) is 22.5 Å². The lowest BCUT2D eigenvalue weighted by atomic mass is 10.0. The number of hydrogen-bond donors (Lipinski definition) is 3. The van der Waals surface area contributed by atoms with E-state index in [1.165, 1.54) is 31.2 Å². The molecule has 2 rings (SSSR count). The van der Waals surface area contributed by atoms with Crippen LogP contribution in [0.3, 0.4) is 0 Å². The molecule has 0 fully saturated rings. The van der Waals surface area contributed by atoms with Crippen LogP contribution in [0.4, 0.5) is 13.2 Å². The normalized spacial score (nSPS) is 11.1. The summed E-state index contributed by atoms with van der Waals surface area (Å²) in [5.74, 6) is -0.851. The molecule has 0 radical (unpaired) electrons. The van der Waals surface area contributed by atoms with Gasteiger partial charge in [-0.3, -0.25) is 9.36 Å². The first-order valence-electron chi connectivity index (χ1n) is 8.97. The second-order valence-corrected chi connectivity index (χ2v) is 8.58. The van der Waals surface area contributed by atoms with Gasteiger partial charge in [-0.25, -0.2) is 13.2 Å². The number of hydrogen-bond acceptors (Lipinski definition) is 3. The van der Waals surface area contributed by atoms with Gasteiger partial charge in [0.05, 0.1) is 6.04 Å². The number of ketones is 1. The highest BCUT2D eigenvalue weighted by atomic mass is 31.2. The smallest absolute Gasteiger partial charge is 0.322 e. The van der Waals surface area contributed by atoms with Gasteiger partial charge < -0.3 is 15.5 Å². The molecule has 0 aliphatic heterocycles. The minimum Gasteiger partial charge on any atom is -0.325 e. The van der Waals surface area contributed by atoms with Gasteiger partial charge in [-0.15, -0.1) is 0 Å². The highest BCUT2D eigenvalue weighted by Gasteiger charge is 2.10. The molecule has 0 bridgehead atoms. The van der Waals surface area contributed by atoms with E-state index in [1.807, 2.05) is 20.8 Å². The molecule has 2 aromatic carbocycles. The van der Waals surface area contributed by atoms with Crippen LogP contribution in [0.1, 0.15) is 31.9 Å². The van der Waals surface area contributed by atoms with E-state index < -0.39 is 19.2 Å². The Morgan fingerprint density at radius 2 is 1.37 bits per heavy atom. The largest absolute Gasteiger partial charge is 0.325 e. The third-order valence-corrected chi connectivity index (χ3v) is 3.33. The number of rotatable bonds is 2. The van der Waals surface area contributed by atoms with E-state index in [2.05, 4.69) is 0 Å². The lowest BCUT2D eigenvalue weighted by Crippen LogP contribution is -2.33. The minimum atomic E-state index is -3.64. The molecule has 170 valence electrons. The van der Waals surface area contributed by atoms with Crippen LogP contribution in [0.25, 0.3) is 0 Å². The van der Waals surface area contributed by atoms with E-state index in [-0.39, 0.29) is 23.6 Å². The molecule has 2 aromatic rings. The lowest BCUT2D eigenvalue weighted by Gasteiger charge is -2.09. The van der Waals surface area contributed by atoms with Gasteiger partial charge in [-0.1, -0.05) is 37.6 Å². The number of carbonyl (C=O) groups is 1. The molecule has 0 amide bonds. The highest BCUT2D eigenvalue weighted by Crippen LogP contribution is 2.26. The van der Waals surface area contributed by atoms with Gasteiger partial charge in [-0.2, -0.15) is 0 Å². The van der Waals surface area contributed by atoms with E-state index in [4.69, 9.17) is 15.5 Å². The number of aryl methyl sites for hydroxylation is 2. The first kappa shape index (κ1) is 30.2. The second-order valence-electron chi connectivity index (χ2n) is 6.90. The maximum absolute atomic E-state index is 12.3. The average molecular weight is 449 g/mol. The summed E-state index contributed by atoms with van der Waals surface area (Å²) in [4.78, 5) is 25.7. The zero-order chi connectivity index (χ0) is 24.1. The Labute approximate surface area is 176 Å². The summed E-state index contributed by atoms with van der Waals surface area (Å²) in [7, 11) is -3.64. The predicted molar refractivity (Wildman–Crippen MR) is 114 cm³/mol. The lowest BCUT2D eigenvalue weighted by molar-refractivity contribution is -0.119. The average Bonchev–Trinajstić information content (AvgIpc) is 2.60. The van der Waals surface area contributed by atoms with Crippen LogP contribution < -0.4 is 5.73 Å². The Morgan fingerprint density at radius 1 is 0.967 bits per heavy atom. The monoisotopic (exact) mass is 449 g/mol. The molecular weight excluding hydrogens is 418 g/mol. The maximum Gasteiger partial charge on any atom is 0.322 e. The topological polar surface area (TPSA) is 101 Å². The van der Waals surface area contributed by atoms with Gasteiger partial charge in [-0.05, 0) is 50.5 Å². The maximum atomic E-state index is 12.3. The second kappa shape index (κ2) is 14.9. The molecule has 0 unspecified atom stereocenters. The SMILES string of the molecule is CC(=O)[C@@H](N)C(C)C.CP(=O)(O)O.Cc1ccc(F)cc1.Cc1ccc(F)cc1F. The third kappa shape index (κ3) is 19.3. The summed E-state index contributed by atoms with van der Waals surface area (Å²) in [6.07, 6.45) is 0. The summed E-state index contributed by atoms with van der Waals surface area (Å²) in [5, 5.41) is 0. The summed E-state index contributed by atoms with van der Waals surface area (Å²) < 4.78 is 45.9. The Morgan fingerprint density at radius 3 is 1.60 bits per heavy atom. The van der Waals surface area contributed by atoms with Crippen LogP contribution in [0.2, 0.25) is 0 Å². The van der Waals surface area contributed by atoms with Crippen molar-refractivity contribution in [1.29, 1.82) is 0 Å². The van der Waals surface area contributed by atoms with E-state index in [0.717, 1.165) is 18.3 Å². The molecule has 0 aromatic heterocycles. The van der Waals surface area contributed by atoms with Crippen molar-refractivity contribution in [3.63, 3.8) is 0 Å². The number of benzene rings is 2. The molecule has 4 N–H and O–H groups in total.